The van der Waals surface area contributed by atoms with Crippen LogP contribution in [0.5, 0.6) is 0 Å². The van der Waals surface area contributed by atoms with Crippen molar-refractivity contribution in [1.82, 2.24) is 20.3 Å². The van der Waals surface area contributed by atoms with Gasteiger partial charge in [-0.15, -0.1) is 0 Å². The van der Waals surface area contributed by atoms with E-state index in [0.29, 0.717) is 12.5 Å². The van der Waals surface area contributed by atoms with Gasteiger partial charge in [-0.05, 0) is 12.8 Å². The van der Waals surface area contributed by atoms with E-state index in [-0.39, 0.29) is 5.91 Å². The van der Waals surface area contributed by atoms with Gasteiger partial charge in [0.2, 0.25) is 5.91 Å². The van der Waals surface area contributed by atoms with Crippen LogP contribution in [0.4, 0.5) is 0 Å². The Morgan fingerprint density at radius 3 is 2.57 bits per heavy atom. The third-order valence-electron chi connectivity index (χ3n) is 3.60. The van der Waals surface area contributed by atoms with Crippen LogP contribution in [0, 0.1) is 12.8 Å². The van der Waals surface area contributed by atoms with Crippen LogP contribution >= 0.6 is 0 Å². The van der Waals surface area contributed by atoms with Crippen molar-refractivity contribution in [3.8, 4) is 0 Å². The number of amides is 1. The minimum Gasteiger partial charge on any atom is -0.361 e. The second-order valence-electron chi connectivity index (χ2n) is 6.18. The van der Waals surface area contributed by atoms with Crippen molar-refractivity contribution in [2.75, 3.05) is 39.3 Å². The maximum atomic E-state index is 11.8. The molecule has 21 heavy (non-hydrogen) atoms. The van der Waals surface area contributed by atoms with Crippen LogP contribution in [-0.2, 0) is 11.3 Å². The topological polar surface area (TPSA) is 61.6 Å². The second-order valence-corrected chi connectivity index (χ2v) is 6.18. The zero-order valence-electron chi connectivity index (χ0n) is 13.3. The van der Waals surface area contributed by atoms with Crippen LogP contribution in [0.2, 0.25) is 0 Å². The number of piperazine rings is 1. The summed E-state index contributed by atoms with van der Waals surface area (Å²) in [7, 11) is 0. The zero-order valence-corrected chi connectivity index (χ0v) is 13.3. The molecule has 2 heterocycles. The molecule has 0 saturated carbocycles. The standard InChI is InChI=1S/C15H26N4O2/c1-12(2)9-16-15(20)11-19-6-4-18(5-7-19)10-14-8-13(3)21-17-14/h8,12H,4-7,9-11H2,1-3H3,(H,16,20). The van der Waals surface area contributed by atoms with Crippen molar-refractivity contribution in [3.63, 3.8) is 0 Å². The van der Waals surface area contributed by atoms with Crippen molar-refractivity contribution in [1.29, 1.82) is 0 Å². The van der Waals surface area contributed by atoms with Gasteiger partial charge in [0.15, 0.2) is 0 Å². The summed E-state index contributed by atoms with van der Waals surface area (Å²) in [5, 5.41) is 6.99. The summed E-state index contributed by atoms with van der Waals surface area (Å²) in [5.74, 6) is 1.48. The minimum absolute atomic E-state index is 0.129. The Balaban J connectivity index is 1.67. The predicted octanol–water partition coefficient (Wildman–Crippen LogP) is 0.873. The van der Waals surface area contributed by atoms with Gasteiger partial charge >= 0.3 is 0 Å². The number of hydrogen-bond acceptors (Lipinski definition) is 5. The molecule has 6 nitrogen and oxygen atoms in total. The molecular weight excluding hydrogens is 268 g/mol. The highest BCUT2D eigenvalue weighted by atomic mass is 16.5. The molecule has 2 rings (SSSR count). The SMILES string of the molecule is Cc1cc(CN2CCN(CC(=O)NCC(C)C)CC2)no1. The van der Waals surface area contributed by atoms with Crippen molar-refractivity contribution >= 4 is 5.91 Å². The minimum atomic E-state index is 0.129. The summed E-state index contributed by atoms with van der Waals surface area (Å²) in [5.41, 5.74) is 0.982. The van der Waals surface area contributed by atoms with Crippen LogP contribution in [-0.4, -0.2) is 60.1 Å². The lowest BCUT2D eigenvalue weighted by atomic mass is 10.2. The van der Waals surface area contributed by atoms with Gasteiger partial charge in [0.1, 0.15) is 5.76 Å². The van der Waals surface area contributed by atoms with Crippen molar-refractivity contribution in [3.05, 3.63) is 17.5 Å². The molecular formula is C15H26N4O2. The third-order valence-corrected chi connectivity index (χ3v) is 3.60. The Morgan fingerprint density at radius 1 is 1.33 bits per heavy atom. The highest BCUT2D eigenvalue weighted by Gasteiger charge is 2.19. The van der Waals surface area contributed by atoms with Gasteiger partial charge in [-0.2, -0.15) is 0 Å². The molecule has 1 aromatic rings. The molecule has 0 unspecified atom stereocenters. The molecule has 1 fully saturated rings. The van der Waals surface area contributed by atoms with E-state index in [1.807, 2.05) is 13.0 Å². The fourth-order valence-electron chi connectivity index (χ4n) is 2.40. The van der Waals surface area contributed by atoms with Crippen LogP contribution < -0.4 is 5.32 Å². The number of carbonyl (C=O) groups is 1. The normalized spacial score (nSPS) is 17.3. The van der Waals surface area contributed by atoms with Crippen LogP contribution in [0.1, 0.15) is 25.3 Å². The van der Waals surface area contributed by atoms with Crippen LogP contribution in [0.25, 0.3) is 0 Å². The Morgan fingerprint density at radius 2 is 2.00 bits per heavy atom. The van der Waals surface area contributed by atoms with Crippen molar-refractivity contribution in [2.24, 2.45) is 5.92 Å². The molecule has 0 radical (unpaired) electrons. The quantitative estimate of drug-likeness (QED) is 0.843. The van der Waals surface area contributed by atoms with E-state index in [2.05, 4.69) is 34.1 Å². The lowest BCUT2D eigenvalue weighted by Gasteiger charge is -2.33. The molecule has 1 N–H and O–H groups in total. The Bertz CT molecular complexity index is 450. The van der Waals surface area contributed by atoms with Crippen LogP contribution in [0.3, 0.4) is 0 Å². The monoisotopic (exact) mass is 294 g/mol. The van der Waals surface area contributed by atoms with Crippen molar-refractivity contribution < 1.29 is 9.32 Å². The summed E-state index contributed by atoms with van der Waals surface area (Å²) in [6, 6.07) is 1.98. The first-order valence-electron chi connectivity index (χ1n) is 7.66. The van der Waals surface area contributed by atoms with Gasteiger partial charge < -0.3 is 9.84 Å². The number of hydrogen-bond donors (Lipinski definition) is 1. The highest BCUT2D eigenvalue weighted by molar-refractivity contribution is 5.78. The summed E-state index contributed by atoms with van der Waals surface area (Å²) < 4.78 is 5.09. The maximum absolute atomic E-state index is 11.8. The Labute approximate surface area is 126 Å². The van der Waals surface area contributed by atoms with Gasteiger partial charge in [-0.1, -0.05) is 19.0 Å². The molecule has 118 valence electrons. The average Bonchev–Trinajstić information content (AvgIpc) is 2.84. The maximum Gasteiger partial charge on any atom is 0.234 e. The molecule has 1 amide bonds. The highest BCUT2D eigenvalue weighted by Crippen LogP contribution is 2.08. The van der Waals surface area contributed by atoms with E-state index < -0.39 is 0 Å². The Kier molecular flexibility index (Phi) is 5.76. The van der Waals surface area contributed by atoms with Crippen LogP contribution in [0.15, 0.2) is 10.6 Å². The van der Waals surface area contributed by atoms with Gasteiger partial charge in [-0.25, -0.2) is 0 Å². The number of aromatic nitrogens is 1. The molecule has 1 aromatic heterocycles. The molecule has 1 aliphatic rings. The van der Waals surface area contributed by atoms with Gasteiger partial charge in [0.25, 0.3) is 0 Å². The zero-order chi connectivity index (χ0) is 15.2. The first kappa shape index (κ1) is 16.0. The smallest absolute Gasteiger partial charge is 0.234 e. The molecule has 1 aliphatic heterocycles. The average molecular weight is 294 g/mol. The van der Waals surface area contributed by atoms with E-state index in [1.54, 1.807) is 0 Å². The predicted molar refractivity (Wildman–Crippen MR) is 80.8 cm³/mol. The molecule has 0 spiro atoms. The van der Waals surface area contributed by atoms with E-state index in [0.717, 1.165) is 50.7 Å². The molecule has 0 bridgehead atoms. The summed E-state index contributed by atoms with van der Waals surface area (Å²) in [6.45, 7) is 12.0. The fourth-order valence-corrected chi connectivity index (χ4v) is 2.40. The lowest BCUT2D eigenvalue weighted by molar-refractivity contribution is -0.122. The molecule has 0 atom stereocenters. The van der Waals surface area contributed by atoms with Gasteiger partial charge in [0.05, 0.1) is 12.2 Å². The number of nitrogens with one attached hydrogen (secondary N) is 1. The first-order chi connectivity index (χ1) is 10.0. The van der Waals surface area contributed by atoms with E-state index in [4.69, 9.17) is 4.52 Å². The number of carbonyl (C=O) groups excluding carboxylic acids is 1. The molecule has 6 heteroatoms. The lowest BCUT2D eigenvalue weighted by Crippen LogP contribution is -2.49. The van der Waals surface area contributed by atoms with Gasteiger partial charge in [0, 0.05) is 45.3 Å². The largest absolute Gasteiger partial charge is 0.361 e. The van der Waals surface area contributed by atoms with E-state index in [9.17, 15) is 4.79 Å². The summed E-state index contributed by atoms with van der Waals surface area (Å²) >= 11 is 0. The van der Waals surface area contributed by atoms with Gasteiger partial charge in [-0.3, -0.25) is 14.6 Å². The summed E-state index contributed by atoms with van der Waals surface area (Å²) in [4.78, 5) is 16.4. The van der Waals surface area contributed by atoms with Crippen molar-refractivity contribution in [2.45, 2.75) is 27.3 Å². The molecule has 0 aliphatic carbocycles. The third kappa shape index (κ3) is 5.47. The fraction of sp³-hybridized carbons (Fsp3) is 0.733. The number of nitrogens with zero attached hydrogens (tertiary/aromatic N) is 3. The number of aryl methyl sites for hydroxylation is 1. The molecule has 1 saturated heterocycles. The van der Waals surface area contributed by atoms with E-state index >= 15 is 0 Å². The first-order valence-corrected chi connectivity index (χ1v) is 7.66. The van der Waals surface area contributed by atoms with E-state index in [1.165, 1.54) is 0 Å². The molecule has 0 aromatic carbocycles. The summed E-state index contributed by atoms with van der Waals surface area (Å²) in [6.07, 6.45) is 0. The Hall–Kier alpha value is -1.40. The second kappa shape index (κ2) is 7.56. The number of rotatable bonds is 6.